The Balaban J connectivity index is 1.57. The molecule has 4 aromatic carbocycles. The van der Waals surface area contributed by atoms with Crippen molar-refractivity contribution in [2.75, 3.05) is 21.3 Å². The first-order chi connectivity index (χ1) is 17.1. The maximum absolute atomic E-state index is 6.91. The van der Waals surface area contributed by atoms with Crippen molar-refractivity contribution in [3.05, 3.63) is 106 Å². The largest absolute Gasteiger partial charge is 0.497 e. The molecule has 0 radical (unpaired) electrons. The van der Waals surface area contributed by atoms with Gasteiger partial charge in [0.1, 0.15) is 23.0 Å². The van der Waals surface area contributed by atoms with Crippen molar-refractivity contribution in [1.82, 2.24) is 0 Å². The molecule has 0 saturated heterocycles. The highest BCUT2D eigenvalue weighted by atomic mass is 16.5. The van der Waals surface area contributed by atoms with Crippen LogP contribution in [-0.4, -0.2) is 21.3 Å². The van der Waals surface area contributed by atoms with Gasteiger partial charge in [0, 0.05) is 33.2 Å². The van der Waals surface area contributed by atoms with Crippen molar-refractivity contribution in [2.24, 2.45) is 0 Å². The molecule has 0 N–H and O–H groups in total. The number of methoxy groups -OCH3 is 3. The minimum absolute atomic E-state index is 0.663. The second kappa shape index (κ2) is 8.13. The van der Waals surface area contributed by atoms with E-state index in [0.717, 1.165) is 38.6 Å². The van der Waals surface area contributed by atoms with Crippen LogP contribution in [0.15, 0.2) is 78.9 Å². The Morgan fingerprint density at radius 3 is 2.20 bits per heavy atom. The van der Waals surface area contributed by atoms with Gasteiger partial charge in [-0.2, -0.15) is 0 Å². The molecule has 0 saturated carbocycles. The van der Waals surface area contributed by atoms with Crippen LogP contribution >= 0.6 is 0 Å². The smallest absolute Gasteiger partial charge is 0.182 e. The molecule has 0 amide bonds. The van der Waals surface area contributed by atoms with E-state index in [1.54, 1.807) is 21.3 Å². The van der Waals surface area contributed by atoms with Gasteiger partial charge in [-0.1, -0.05) is 42.5 Å². The average Bonchev–Trinajstić information content (AvgIpc) is 3.33. The summed E-state index contributed by atoms with van der Waals surface area (Å²) in [4.78, 5) is 0. The van der Waals surface area contributed by atoms with Gasteiger partial charge in [0.05, 0.1) is 21.3 Å². The van der Waals surface area contributed by atoms with Crippen LogP contribution < -0.4 is 34.1 Å². The number of rotatable bonds is 5. The minimum atomic E-state index is -0.943. The normalized spacial score (nSPS) is 16.9. The minimum Gasteiger partial charge on any atom is -0.497 e. The van der Waals surface area contributed by atoms with Crippen LogP contribution in [0.4, 0.5) is 0 Å². The monoisotopic (exact) mass is 464 g/mol. The Labute approximate surface area is 203 Å². The average molecular weight is 465 g/mol. The summed E-state index contributed by atoms with van der Waals surface area (Å²) in [6, 6.07) is 25.8. The fourth-order valence-corrected chi connectivity index (χ4v) is 4.79. The van der Waals surface area contributed by atoms with Crippen LogP contribution in [0.5, 0.6) is 34.5 Å². The number of benzene rings is 4. The predicted molar refractivity (Wildman–Crippen MR) is 134 cm³/mol. The third kappa shape index (κ3) is 3.31. The van der Waals surface area contributed by atoms with Crippen molar-refractivity contribution in [3.8, 4) is 34.5 Å². The molecule has 174 valence electrons. The molecule has 0 aliphatic carbocycles. The molecule has 2 aliphatic rings. The first-order valence-corrected chi connectivity index (χ1v) is 11.4. The Morgan fingerprint density at radius 2 is 1.43 bits per heavy atom. The zero-order chi connectivity index (χ0) is 24.0. The van der Waals surface area contributed by atoms with Gasteiger partial charge in [-0.15, -0.1) is 0 Å². The quantitative estimate of drug-likeness (QED) is 0.375. The topological polar surface area (TPSA) is 46.2 Å². The Bertz CT molecular complexity index is 1560. The number of fused-ring (bicyclic) bond motifs is 4. The maximum Gasteiger partial charge on any atom is 0.182 e. The predicted octanol–water partition coefficient (Wildman–Crippen LogP) is 4.76. The van der Waals surface area contributed by atoms with Gasteiger partial charge >= 0.3 is 0 Å². The first-order valence-electron chi connectivity index (χ1n) is 11.4. The SMILES string of the molecule is COc1ccc(C2(c3ccc(OC)cc3OC)C=c3ccc4c(c3O2)Oc2ccccc2C=4)cc1. The number of ether oxygens (including phenoxy) is 5. The second-order valence-corrected chi connectivity index (χ2v) is 8.46. The number of hydrogen-bond acceptors (Lipinski definition) is 5. The van der Waals surface area contributed by atoms with Crippen LogP contribution in [0, 0.1) is 0 Å². The van der Waals surface area contributed by atoms with Gasteiger partial charge in [0.15, 0.2) is 17.1 Å². The molecule has 5 heteroatoms. The highest BCUT2D eigenvalue weighted by Gasteiger charge is 2.42. The van der Waals surface area contributed by atoms with E-state index in [1.807, 2.05) is 66.7 Å². The van der Waals surface area contributed by atoms with Crippen molar-refractivity contribution in [1.29, 1.82) is 0 Å². The zero-order valence-corrected chi connectivity index (χ0v) is 19.7. The fourth-order valence-electron chi connectivity index (χ4n) is 4.79. The number of hydrogen-bond donors (Lipinski definition) is 0. The summed E-state index contributed by atoms with van der Waals surface area (Å²) in [5, 5.41) is 1.92. The first kappa shape index (κ1) is 21.2. The van der Waals surface area contributed by atoms with Crippen molar-refractivity contribution >= 4 is 12.2 Å². The lowest BCUT2D eigenvalue weighted by Crippen LogP contribution is -2.30. The van der Waals surface area contributed by atoms with Gasteiger partial charge in [0.2, 0.25) is 0 Å². The molecule has 5 nitrogen and oxygen atoms in total. The van der Waals surface area contributed by atoms with Gasteiger partial charge in [-0.25, -0.2) is 0 Å². The molecule has 2 aliphatic heterocycles. The molecule has 6 rings (SSSR count). The third-order valence-electron chi connectivity index (χ3n) is 6.56. The van der Waals surface area contributed by atoms with E-state index in [-0.39, 0.29) is 0 Å². The van der Waals surface area contributed by atoms with Gasteiger partial charge in [0.25, 0.3) is 0 Å². The van der Waals surface area contributed by atoms with E-state index in [0.29, 0.717) is 23.0 Å². The molecule has 0 spiro atoms. The molecule has 0 fully saturated rings. The standard InChI is InChI=1S/C30H24O5/c1-31-23-12-10-22(11-13-23)30(25-15-14-24(32-2)17-27(25)33-3)18-21-9-8-20-16-19-6-4-5-7-26(19)34-28(20)29(21)35-30/h4-18H,1-3H3. The molecular weight excluding hydrogens is 440 g/mol. The Hall–Kier alpha value is -4.38. The fraction of sp³-hybridized carbons (Fsp3) is 0.133. The molecule has 1 unspecified atom stereocenters. The summed E-state index contributed by atoms with van der Waals surface area (Å²) < 4.78 is 29.9. The van der Waals surface area contributed by atoms with Gasteiger partial charge in [-0.05, 0) is 42.5 Å². The van der Waals surface area contributed by atoms with E-state index in [2.05, 4.69) is 24.3 Å². The van der Waals surface area contributed by atoms with Crippen LogP contribution in [0.3, 0.4) is 0 Å². The Kier molecular flexibility index (Phi) is 4.92. The van der Waals surface area contributed by atoms with E-state index < -0.39 is 5.60 Å². The third-order valence-corrected chi connectivity index (χ3v) is 6.56. The summed E-state index contributed by atoms with van der Waals surface area (Å²) in [6.07, 6.45) is 4.25. The summed E-state index contributed by atoms with van der Waals surface area (Å²) in [5.74, 6) is 4.35. The lowest BCUT2D eigenvalue weighted by atomic mass is 9.85. The molecule has 4 aromatic rings. The van der Waals surface area contributed by atoms with Crippen molar-refractivity contribution in [2.45, 2.75) is 5.60 Å². The second-order valence-electron chi connectivity index (χ2n) is 8.46. The highest BCUT2D eigenvalue weighted by molar-refractivity contribution is 5.70. The van der Waals surface area contributed by atoms with Gasteiger partial charge in [-0.3, -0.25) is 0 Å². The molecule has 35 heavy (non-hydrogen) atoms. The lowest BCUT2D eigenvalue weighted by Gasteiger charge is -2.31. The highest BCUT2D eigenvalue weighted by Crippen LogP contribution is 2.47. The van der Waals surface area contributed by atoms with Gasteiger partial charge < -0.3 is 23.7 Å². The summed E-state index contributed by atoms with van der Waals surface area (Å²) in [7, 11) is 4.95. The van der Waals surface area contributed by atoms with E-state index in [1.165, 1.54) is 0 Å². The molecule has 0 bridgehead atoms. The summed E-state index contributed by atoms with van der Waals surface area (Å²) in [6.45, 7) is 0. The van der Waals surface area contributed by atoms with Crippen molar-refractivity contribution in [3.63, 3.8) is 0 Å². The molecule has 0 aromatic heterocycles. The van der Waals surface area contributed by atoms with Crippen molar-refractivity contribution < 1.29 is 23.7 Å². The molecular formula is C30H24O5. The van der Waals surface area contributed by atoms with E-state index >= 15 is 0 Å². The van der Waals surface area contributed by atoms with Crippen LogP contribution in [0.1, 0.15) is 16.7 Å². The summed E-state index contributed by atoms with van der Waals surface area (Å²) in [5.41, 5.74) is 1.89. The zero-order valence-electron chi connectivity index (χ0n) is 19.7. The van der Waals surface area contributed by atoms with E-state index in [9.17, 15) is 0 Å². The molecule has 1 atom stereocenters. The van der Waals surface area contributed by atoms with Crippen LogP contribution in [0.2, 0.25) is 0 Å². The Morgan fingerprint density at radius 1 is 0.686 bits per heavy atom. The van der Waals surface area contributed by atoms with Crippen LogP contribution in [-0.2, 0) is 5.60 Å². The van der Waals surface area contributed by atoms with E-state index in [4.69, 9.17) is 23.7 Å². The van der Waals surface area contributed by atoms with Crippen LogP contribution in [0.25, 0.3) is 12.2 Å². The lowest BCUT2D eigenvalue weighted by molar-refractivity contribution is 0.181. The summed E-state index contributed by atoms with van der Waals surface area (Å²) >= 11 is 0. The molecule has 2 heterocycles. The number of para-hydroxylation sites is 1. The maximum atomic E-state index is 6.91.